The Balaban J connectivity index is -0.000000129. The molecule has 0 aliphatic carbocycles. The predicted octanol–water partition coefficient (Wildman–Crippen LogP) is 0.309. The molecule has 2 amide bonds. The smallest absolute Gasteiger partial charge is 0.408 e. The van der Waals surface area contributed by atoms with Crippen LogP contribution < -0.4 is 33.3 Å². The van der Waals surface area contributed by atoms with Gasteiger partial charge in [0.1, 0.15) is 43.5 Å². The summed E-state index contributed by atoms with van der Waals surface area (Å²) in [5.41, 5.74) is 1.08. The number of carboxylic acid groups (broad SMARTS) is 3. The van der Waals surface area contributed by atoms with Crippen molar-refractivity contribution in [2.24, 2.45) is 0 Å². The maximum atomic E-state index is 11.6. The quantitative estimate of drug-likeness (QED) is 0.0436. The number of halogens is 2. The number of carboxylic acids is 3. The molecule has 0 heterocycles. The summed E-state index contributed by atoms with van der Waals surface area (Å²) in [6.45, 7) is 21.3. The van der Waals surface area contributed by atoms with Crippen LogP contribution >= 0.6 is 17.0 Å². The number of aliphatic hydroxyl groups excluding tert-OH is 1. The maximum absolute atomic E-state index is 11.6. The highest BCUT2D eigenvalue weighted by Gasteiger charge is 2.20. The van der Waals surface area contributed by atoms with E-state index < -0.39 is 70.4 Å². The summed E-state index contributed by atoms with van der Waals surface area (Å²) >= 11 is 0. The third kappa shape index (κ3) is 86.5. The first-order valence-corrected chi connectivity index (χ1v) is 21.8. The molecular formula is C46H81Br2N3O22. The molecular weight excluding hydrogens is 1110 g/mol. The zero-order valence-corrected chi connectivity index (χ0v) is 47.6. The summed E-state index contributed by atoms with van der Waals surface area (Å²) in [6.07, 6.45) is 3.80. The fraction of sp³-hybridized carbons (Fsp3) is 0.696. The predicted molar refractivity (Wildman–Crippen MR) is 262 cm³/mol. The molecule has 73 heavy (non-hydrogen) atoms. The highest BCUT2D eigenvalue weighted by molar-refractivity contribution is 8.93. The molecule has 426 valence electrons. The van der Waals surface area contributed by atoms with Gasteiger partial charge in [-0.1, -0.05) is 0 Å². The average Bonchev–Trinajstić information content (AvgIpc) is 3.18. The third-order valence-corrected chi connectivity index (χ3v) is 6.07. The number of rotatable bonds is 22. The van der Waals surface area contributed by atoms with Crippen molar-refractivity contribution in [3.8, 4) is 12.8 Å². The number of aliphatic carboxylic acids is 3. The molecule has 0 bridgehead atoms. The van der Waals surface area contributed by atoms with E-state index in [-0.39, 0.29) is 155 Å². The molecule has 0 aliphatic rings. The van der Waals surface area contributed by atoms with Gasteiger partial charge in [0.05, 0.1) is 58.2 Å². The number of hydrogen-bond acceptors (Lipinski definition) is 19. The second-order valence-electron chi connectivity index (χ2n) is 18.0. The lowest BCUT2D eigenvalue weighted by Crippen LogP contribution is -3.00. The number of hydrogen-bond donors (Lipinski definition) is 7. The maximum Gasteiger partial charge on any atom is 0.408 e. The normalized spacial score (nSPS) is 10.1. The molecule has 0 spiro atoms. The van der Waals surface area contributed by atoms with E-state index in [0.717, 1.165) is 6.92 Å². The molecule has 0 saturated carbocycles. The number of esters is 4. The van der Waals surface area contributed by atoms with E-state index >= 15 is 0 Å². The lowest BCUT2D eigenvalue weighted by molar-refractivity contribution is -0.354. The van der Waals surface area contributed by atoms with Gasteiger partial charge in [-0.15, -0.1) is 29.8 Å². The van der Waals surface area contributed by atoms with Crippen LogP contribution in [0, 0.1) is 12.8 Å². The molecule has 9 N–H and O–H groups in total. The van der Waals surface area contributed by atoms with Crippen LogP contribution in [0.2, 0.25) is 0 Å². The van der Waals surface area contributed by atoms with E-state index in [9.17, 15) is 52.7 Å². The minimum absolute atomic E-state index is 0. The summed E-state index contributed by atoms with van der Waals surface area (Å²) in [7, 11) is 0. The Bertz CT molecular complexity index is 1740. The summed E-state index contributed by atoms with van der Waals surface area (Å²) in [5, 5.41) is 36.9. The zero-order valence-electron chi connectivity index (χ0n) is 45.3. The molecule has 0 saturated heterocycles. The van der Waals surface area contributed by atoms with Crippen LogP contribution in [0.25, 0.3) is 0 Å². The van der Waals surface area contributed by atoms with Crippen molar-refractivity contribution < 1.29 is 130 Å². The number of ketones is 3. The summed E-state index contributed by atoms with van der Waals surface area (Å²) in [5.74, 6) is -5.61. The number of nitrogens with one attached hydrogen (secondary N) is 2. The molecule has 0 unspecified atom stereocenters. The molecule has 0 fully saturated rings. The van der Waals surface area contributed by atoms with Gasteiger partial charge in [0.15, 0.2) is 17.3 Å². The Labute approximate surface area is 450 Å². The van der Waals surface area contributed by atoms with Gasteiger partial charge in [0, 0.05) is 26.2 Å². The molecule has 25 nitrogen and oxygen atoms in total. The number of carbonyl (C=O) groups excluding carboxylic acids is 9. The largest absolute Gasteiger partial charge is 1.00 e. The van der Waals surface area contributed by atoms with Gasteiger partial charge in [0.2, 0.25) is 0 Å². The number of Topliss-reactive ketones (excluding diaryl/α,β-unsaturated/α-hetero) is 3. The molecule has 0 aromatic heterocycles. The van der Waals surface area contributed by atoms with Crippen LogP contribution in [0.1, 0.15) is 149 Å². The van der Waals surface area contributed by atoms with Crippen molar-refractivity contribution in [3.05, 3.63) is 0 Å². The topological polar surface area (TPSA) is 393 Å². The summed E-state index contributed by atoms with van der Waals surface area (Å²) < 4.78 is 35.0. The standard InChI is InChI=1S/C17H29NO7.C10H17NO5.C8H13NO5.C7H14O3.C2H4O2.C2H2.2BrH/c1-16(2,3)24-14(21)9-10-23-13(20)8-7-12(19)11-18-15(22)25-17(4,5)6;1-10(2,3)16-9(15)11-6-7(12)4-5-8(13)14;9-5-6(10)1-2-8(13)14-4-3-7(11)12;1-7(2,3)10-6(9)4-5-8;1-2(3)4;1-2;;/h7-11H2,1-6H3,(H,18,22);4-6H2,1-3H3,(H,11,15)(H,13,14);1-5,9H2,(H,11,12);8H,4-5H2,1-3H3;1H3,(H,3,4);1-2H;2*1H/i;;;;;1D;;. The molecule has 27 heteroatoms. The van der Waals surface area contributed by atoms with Crippen LogP contribution in [0.15, 0.2) is 0 Å². The van der Waals surface area contributed by atoms with Gasteiger partial charge in [-0.05, 0) is 83.1 Å². The third-order valence-electron chi connectivity index (χ3n) is 6.07. The number of terminal acetylenes is 1. The summed E-state index contributed by atoms with van der Waals surface area (Å²) in [4.78, 5) is 130. The van der Waals surface area contributed by atoms with E-state index in [1.165, 1.54) is 6.40 Å². The number of alkyl carbamates (subject to hydrolysis) is 2. The lowest BCUT2D eigenvalue weighted by atomic mass is 10.2. The van der Waals surface area contributed by atoms with Crippen LogP contribution in [0.4, 0.5) is 9.59 Å². The second kappa shape index (κ2) is 47.3. The van der Waals surface area contributed by atoms with Gasteiger partial charge in [-0.25, -0.2) is 9.59 Å². The van der Waals surface area contributed by atoms with Crippen molar-refractivity contribution in [1.82, 2.24) is 10.6 Å². The van der Waals surface area contributed by atoms with Crippen LogP contribution in [-0.2, 0) is 76.4 Å². The van der Waals surface area contributed by atoms with E-state index in [2.05, 4.69) is 27.5 Å². The van der Waals surface area contributed by atoms with Crippen molar-refractivity contribution in [1.29, 1.82) is 0 Å². The average molecular weight is 1190 g/mol. The van der Waals surface area contributed by atoms with Gasteiger partial charge in [0.25, 0.3) is 5.97 Å². The minimum atomic E-state index is -1.04. The van der Waals surface area contributed by atoms with Crippen LogP contribution in [0.3, 0.4) is 0 Å². The highest BCUT2D eigenvalue weighted by Crippen LogP contribution is 2.10. The molecule has 0 atom stereocenters. The number of aliphatic hydroxyl groups is 1. The van der Waals surface area contributed by atoms with Crippen molar-refractivity contribution in [3.63, 3.8) is 0 Å². The second-order valence-corrected chi connectivity index (χ2v) is 18.0. The van der Waals surface area contributed by atoms with Crippen molar-refractivity contribution in [2.75, 3.05) is 39.5 Å². The molecule has 0 aromatic rings. The Morgan fingerprint density at radius 3 is 1.07 bits per heavy atom. The Kier molecular flexibility index (Phi) is 52.7. The summed E-state index contributed by atoms with van der Waals surface area (Å²) in [6, 6.07) is 0. The van der Waals surface area contributed by atoms with E-state index in [4.69, 9.17) is 50.3 Å². The molecule has 0 radical (unpaired) electrons. The fourth-order valence-corrected chi connectivity index (χ4v) is 3.52. The van der Waals surface area contributed by atoms with E-state index in [1.807, 2.05) is 0 Å². The Morgan fingerprint density at radius 1 is 0.493 bits per heavy atom. The molecule has 0 aliphatic heterocycles. The number of amides is 2. The first kappa shape index (κ1) is 81.3. The number of carbonyl (C=O) groups is 12. The van der Waals surface area contributed by atoms with Gasteiger partial charge < -0.3 is 82.2 Å². The first-order chi connectivity index (χ1) is 32.6. The first-order valence-electron chi connectivity index (χ1n) is 22.3. The zero-order chi connectivity index (χ0) is 57.9. The minimum Gasteiger partial charge on any atom is -1.00 e. The van der Waals surface area contributed by atoms with Crippen molar-refractivity contribution >= 4 is 88.3 Å². The SMILES string of the molecule is Br.CC(=O)O.CC(C)(C)OC(=O)CCO.CC(C)(C)OC(=O)CCOC(=O)CCC(=O)CNC(=O)OC(C)(C)C.CC(C)(C)OC(=O)NCC(=O)CCC(=O)O.[2H]C#C.[Br-].[NH3+]CC(=O)CCC(=O)OCCC(=O)O. The fourth-order valence-electron chi connectivity index (χ4n) is 3.52. The molecule has 0 aromatic carbocycles. The van der Waals surface area contributed by atoms with Gasteiger partial charge >= 0.3 is 48.0 Å². The van der Waals surface area contributed by atoms with Gasteiger partial charge in [-0.2, -0.15) is 0 Å². The van der Waals surface area contributed by atoms with Crippen molar-refractivity contribution in [2.45, 2.75) is 170 Å². The number of quaternary nitrogens is 1. The lowest BCUT2D eigenvalue weighted by Gasteiger charge is -2.19. The Hall–Kier alpha value is -5.72. The molecule has 0 rings (SSSR count). The van der Waals surface area contributed by atoms with Crippen LogP contribution in [-0.4, -0.2) is 154 Å². The van der Waals surface area contributed by atoms with E-state index in [0.29, 0.717) is 0 Å². The van der Waals surface area contributed by atoms with E-state index in [1.54, 1.807) is 83.1 Å². The van der Waals surface area contributed by atoms with Gasteiger partial charge in [-0.3, -0.25) is 47.9 Å². The number of ether oxygens (including phenoxy) is 6. The highest BCUT2D eigenvalue weighted by atomic mass is 79.9. The Morgan fingerprint density at radius 2 is 0.781 bits per heavy atom. The monoisotopic (exact) mass is 1190 g/mol. The van der Waals surface area contributed by atoms with Crippen LogP contribution in [0.5, 0.6) is 0 Å².